The molecule has 1 atom stereocenters. The van der Waals surface area contributed by atoms with Gasteiger partial charge in [-0.15, -0.1) is 23.1 Å². The maximum absolute atomic E-state index is 13.5. The summed E-state index contributed by atoms with van der Waals surface area (Å²) in [5.41, 5.74) is 2.99. The first kappa shape index (κ1) is 22.0. The summed E-state index contributed by atoms with van der Waals surface area (Å²) < 4.78 is 5.07. The van der Waals surface area contributed by atoms with E-state index in [1.165, 1.54) is 22.9 Å². The lowest BCUT2D eigenvalue weighted by atomic mass is 10.1. The number of nitrogens with zero attached hydrogens (tertiary/aromatic N) is 4. The Morgan fingerprint density at radius 3 is 2.94 bits per heavy atom. The Kier molecular flexibility index (Phi) is 6.13. The number of carbonyl (C=O) groups is 2. The van der Waals surface area contributed by atoms with Gasteiger partial charge < -0.3 is 10.2 Å². The normalized spacial score (nSPS) is 15.8. The lowest BCUT2D eigenvalue weighted by molar-refractivity contribution is 0.0747. The molecule has 1 aliphatic rings. The number of hydrogen-bond donors (Lipinski definition) is 1. The summed E-state index contributed by atoms with van der Waals surface area (Å²) in [4.78, 5) is 37.9. The second-order valence-corrected chi connectivity index (χ2v) is 11.0. The molecule has 5 rings (SSSR count). The number of rotatable bonds is 5. The Hall–Kier alpha value is -2.82. The summed E-state index contributed by atoms with van der Waals surface area (Å²) in [6.45, 7) is 4.92. The molecule has 1 fully saturated rings. The molecule has 2 amide bonds. The summed E-state index contributed by atoms with van der Waals surface area (Å²) in [7, 11) is 0. The molecule has 0 aliphatic carbocycles. The number of thiazole rings is 1. The molecule has 0 saturated carbocycles. The average Bonchev–Trinajstić information content (AvgIpc) is 3.55. The van der Waals surface area contributed by atoms with Crippen molar-refractivity contribution in [2.45, 2.75) is 19.2 Å². The van der Waals surface area contributed by atoms with E-state index in [1.807, 2.05) is 43.0 Å². The van der Waals surface area contributed by atoms with Gasteiger partial charge in [0.1, 0.15) is 11.4 Å². The number of carbonyl (C=O) groups excluding carboxylic acids is 2. The number of nitrogens with one attached hydrogen (secondary N) is 1. The van der Waals surface area contributed by atoms with E-state index in [2.05, 4.69) is 25.7 Å². The summed E-state index contributed by atoms with van der Waals surface area (Å²) in [6, 6.07) is 9.97. The standard InChI is InChI=1S/C23H21N5O2S3/c1-13-4-3-5-15(10-13)21-20(27-14(2)32-21)23(30)28-8-9-31-18(28)12-25-22(29)19-16-11-26-33-17(16)6-7-24-19/h3-7,10-11,18H,8-9,12H2,1-2H3,(H,25,29). The van der Waals surface area contributed by atoms with E-state index in [-0.39, 0.29) is 17.2 Å². The Morgan fingerprint density at radius 2 is 2.09 bits per heavy atom. The Bertz CT molecular complexity index is 1350. The summed E-state index contributed by atoms with van der Waals surface area (Å²) in [5, 5.41) is 4.40. The zero-order chi connectivity index (χ0) is 22.9. The SMILES string of the molecule is Cc1cccc(-c2sc(C)nc2C(=O)N2CCSC2CNC(=O)c2nccc3sncc23)c1. The van der Waals surface area contributed by atoms with Crippen LogP contribution in [0.25, 0.3) is 20.5 Å². The molecule has 1 N–H and O–H groups in total. The van der Waals surface area contributed by atoms with Crippen LogP contribution in [0.2, 0.25) is 0 Å². The molecule has 1 aromatic carbocycles. The molecule has 1 saturated heterocycles. The number of amides is 2. The Morgan fingerprint density at radius 1 is 1.21 bits per heavy atom. The molecule has 4 aromatic rings. The fourth-order valence-corrected chi connectivity index (χ4v) is 6.56. The number of fused-ring (bicyclic) bond motifs is 1. The highest BCUT2D eigenvalue weighted by Gasteiger charge is 2.33. The monoisotopic (exact) mass is 495 g/mol. The zero-order valence-electron chi connectivity index (χ0n) is 18.1. The van der Waals surface area contributed by atoms with Crippen molar-refractivity contribution in [1.29, 1.82) is 0 Å². The summed E-state index contributed by atoms with van der Waals surface area (Å²) in [5.74, 6) is 0.463. The van der Waals surface area contributed by atoms with E-state index < -0.39 is 0 Å². The first-order valence-corrected chi connectivity index (χ1v) is 13.1. The predicted octanol–water partition coefficient (Wildman–Crippen LogP) is 4.38. The van der Waals surface area contributed by atoms with Crippen molar-refractivity contribution >= 4 is 56.5 Å². The van der Waals surface area contributed by atoms with Crippen LogP contribution >= 0.6 is 34.6 Å². The fourth-order valence-electron chi connectivity index (χ4n) is 3.85. The first-order chi connectivity index (χ1) is 16.0. The highest BCUT2D eigenvalue weighted by Crippen LogP contribution is 2.34. The second kappa shape index (κ2) is 9.20. The van der Waals surface area contributed by atoms with Crippen molar-refractivity contribution in [3.63, 3.8) is 0 Å². The zero-order valence-corrected chi connectivity index (χ0v) is 20.5. The molecule has 7 nitrogen and oxygen atoms in total. The molecule has 1 aliphatic heterocycles. The van der Waals surface area contributed by atoms with Gasteiger partial charge in [-0.25, -0.2) is 4.98 Å². The van der Waals surface area contributed by atoms with Gasteiger partial charge >= 0.3 is 0 Å². The van der Waals surface area contributed by atoms with Crippen LogP contribution in [0, 0.1) is 13.8 Å². The molecule has 3 aromatic heterocycles. The summed E-state index contributed by atoms with van der Waals surface area (Å²) >= 11 is 4.53. The topological polar surface area (TPSA) is 88.1 Å². The molecule has 4 heterocycles. The number of hydrogen-bond acceptors (Lipinski definition) is 8. The van der Waals surface area contributed by atoms with E-state index >= 15 is 0 Å². The quantitative estimate of drug-likeness (QED) is 0.442. The second-order valence-electron chi connectivity index (χ2n) is 7.71. The minimum atomic E-state index is -0.259. The molecule has 0 radical (unpaired) electrons. The van der Waals surface area contributed by atoms with Gasteiger partial charge in [-0.1, -0.05) is 29.8 Å². The van der Waals surface area contributed by atoms with Crippen LogP contribution in [0.1, 0.15) is 31.5 Å². The minimum Gasteiger partial charge on any atom is -0.348 e. The maximum Gasteiger partial charge on any atom is 0.274 e. The Labute approximate surface area is 203 Å². The van der Waals surface area contributed by atoms with Crippen molar-refractivity contribution in [2.24, 2.45) is 0 Å². The Balaban J connectivity index is 1.34. The van der Waals surface area contributed by atoms with Gasteiger partial charge in [-0.05, 0) is 37.0 Å². The lowest BCUT2D eigenvalue weighted by Crippen LogP contribution is -2.42. The smallest absolute Gasteiger partial charge is 0.274 e. The fraction of sp³-hybridized carbons (Fsp3) is 0.261. The average molecular weight is 496 g/mol. The lowest BCUT2D eigenvalue weighted by Gasteiger charge is -2.23. The van der Waals surface area contributed by atoms with E-state index in [0.717, 1.165) is 36.9 Å². The van der Waals surface area contributed by atoms with E-state index in [4.69, 9.17) is 0 Å². The molecule has 10 heteroatoms. The van der Waals surface area contributed by atoms with Crippen molar-refractivity contribution < 1.29 is 9.59 Å². The molecule has 1 unspecified atom stereocenters. The maximum atomic E-state index is 13.5. The van der Waals surface area contributed by atoms with Crippen LogP contribution in [0.15, 0.2) is 42.7 Å². The van der Waals surface area contributed by atoms with Gasteiger partial charge in [0.05, 0.1) is 26.2 Å². The molecular weight excluding hydrogens is 474 g/mol. The number of aryl methyl sites for hydroxylation is 2. The van der Waals surface area contributed by atoms with Crippen molar-refractivity contribution in [1.82, 2.24) is 24.6 Å². The van der Waals surface area contributed by atoms with Gasteiger partial charge in [0.15, 0.2) is 0 Å². The van der Waals surface area contributed by atoms with Crippen LogP contribution in [0.4, 0.5) is 0 Å². The number of aromatic nitrogens is 3. The molecule has 0 bridgehead atoms. The van der Waals surface area contributed by atoms with Gasteiger partial charge in [0, 0.05) is 30.4 Å². The number of pyridine rings is 1. The third-order valence-electron chi connectivity index (χ3n) is 5.40. The van der Waals surface area contributed by atoms with Crippen molar-refractivity contribution in [3.05, 3.63) is 64.7 Å². The minimum absolute atomic E-state index is 0.0950. The molecular formula is C23H21N5O2S3. The third kappa shape index (κ3) is 4.38. The van der Waals surface area contributed by atoms with Crippen LogP contribution in [-0.2, 0) is 0 Å². The first-order valence-electron chi connectivity index (χ1n) is 10.5. The number of benzene rings is 1. The highest BCUT2D eigenvalue weighted by atomic mass is 32.2. The summed E-state index contributed by atoms with van der Waals surface area (Å²) in [6.07, 6.45) is 3.28. The van der Waals surface area contributed by atoms with E-state index in [1.54, 1.807) is 24.2 Å². The van der Waals surface area contributed by atoms with Gasteiger partial charge in [0.25, 0.3) is 11.8 Å². The van der Waals surface area contributed by atoms with E-state index in [0.29, 0.717) is 24.5 Å². The van der Waals surface area contributed by atoms with Gasteiger partial charge in [-0.3, -0.25) is 14.6 Å². The number of thioether (sulfide) groups is 1. The highest BCUT2D eigenvalue weighted by molar-refractivity contribution is 8.00. The van der Waals surface area contributed by atoms with Crippen molar-refractivity contribution in [3.8, 4) is 10.4 Å². The van der Waals surface area contributed by atoms with Crippen molar-refractivity contribution in [2.75, 3.05) is 18.8 Å². The molecule has 0 spiro atoms. The van der Waals surface area contributed by atoms with E-state index in [9.17, 15) is 9.59 Å². The van der Waals surface area contributed by atoms with Crippen LogP contribution in [0.3, 0.4) is 0 Å². The van der Waals surface area contributed by atoms with Crippen LogP contribution < -0.4 is 5.32 Å². The largest absolute Gasteiger partial charge is 0.348 e. The van der Waals surface area contributed by atoms with Gasteiger partial charge in [0.2, 0.25) is 0 Å². The van der Waals surface area contributed by atoms with Gasteiger partial charge in [-0.2, -0.15) is 4.37 Å². The van der Waals surface area contributed by atoms with Crippen LogP contribution in [-0.4, -0.2) is 55.3 Å². The van der Waals surface area contributed by atoms with Crippen LogP contribution in [0.5, 0.6) is 0 Å². The molecule has 33 heavy (non-hydrogen) atoms. The molecule has 168 valence electrons. The predicted molar refractivity (Wildman–Crippen MR) is 134 cm³/mol. The third-order valence-corrected chi connectivity index (χ3v) is 8.41.